The number of aliphatic hydroxyl groups excluding tert-OH is 1. The summed E-state index contributed by atoms with van der Waals surface area (Å²) in [5.74, 6) is 0.551. The molecule has 0 saturated heterocycles. The van der Waals surface area contributed by atoms with Crippen LogP contribution < -0.4 is 5.23 Å². The first-order valence-electron chi connectivity index (χ1n) is 5.28. The van der Waals surface area contributed by atoms with E-state index >= 15 is 0 Å². The summed E-state index contributed by atoms with van der Waals surface area (Å²) in [6.45, 7) is 0.186. The second kappa shape index (κ2) is 7.19. The van der Waals surface area contributed by atoms with Gasteiger partial charge in [-0.2, -0.15) is 0 Å². The Morgan fingerprint density at radius 1 is 1.50 bits per heavy atom. The summed E-state index contributed by atoms with van der Waals surface area (Å²) in [4.78, 5) is 0. The predicted molar refractivity (Wildman–Crippen MR) is 57.6 cm³/mol. The largest absolute Gasteiger partial charge is 0.600 e. The van der Waals surface area contributed by atoms with Crippen molar-refractivity contribution in [1.82, 2.24) is 0 Å². The van der Waals surface area contributed by atoms with Gasteiger partial charge in [0.1, 0.15) is 18.4 Å². The molecule has 0 aliphatic heterocycles. The number of quaternary nitrogens is 1. The number of allylic oxidation sites excluding steroid dienone is 1. The molecule has 1 aromatic heterocycles. The van der Waals surface area contributed by atoms with E-state index in [-0.39, 0.29) is 6.54 Å². The van der Waals surface area contributed by atoms with E-state index in [1.165, 1.54) is 6.26 Å². The van der Waals surface area contributed by atoms with Crippen molar-refractivity contribution < 1.29 is 20.0 Å². The highest BCUT2D eigenvalue weighted by atomic mass is 16.8. The van der Waals surface area contributed by atoms with Crippen LogP contribution in [0.3, 0.4) is 0 Å². The third kappa shape index (κ3) is 5.09. The smallest absolute Gasteiger partial charge is 0.132 e. The summed E-state index contributed by atoms with van der Waals surface area (Å²) in [5, 5.41) is 27.5. The molecular formula is C11H17NO4. The van der Waals surface area contributed by atoms with E-state index < -0.39 is 11.3 Å². The first-order chi connectivity index (χ1) is 7.70. The molecule has 5 heteroatoms. The Balaban J connectivity index is 2.12. The molecule has 0 radical (unpaired) electrons. The minimum Gasteiger partial charge on any atom is -0.600 e. The first kappa shape index (κ1) is 12.9. The lowest BCUT2D eigenvalue weighted by Gasteiger charge is -2.10. The van der Waals surface area contributed by atoms with E-state index in [9.17, 15) is 10.3 Å². The third-order valence-corrected chi connectivity index (χ3v) is 2.16. The third-order valence-electron chi connectivity index (χ3n) is 2.16. The van der Waals surface area contributed by atoms with Gasteiger partial charge in [-0.1, -0.05) is 12.2 Å². The highest BCUT2D eigenvalue weighted by molar-refractivity contribution is 5.03. The molecule has 16 heavy (non-hydrogen) atoms. The lowest BCUT2D eigenvalue weighted by molar-refractivity contribution is -1.05. The number of hydrogen-bond acceptors (Lipinski definition) is 4. The van der Waals surface area contributed by atoms with E-state index in [1.807, 2.05) is 12.2 Å². The Morgan fingerprint density at radius 3 is 2.94 bits per heavy atom. The standard InChI is InChI=1S/C11H17NO4/c13-10(11-7-5-9-16-11)6-3-1-2-4-8-12(14)15/h1,3,5,7,9-10,12-14H,2,4,6,8H2/b3-1-. The van der Waals surface area contributed by atoms with Crippen LogP contribution in [0.1, 0.15) is 31.1 Å². The molecule has 2 atom stereocenters. The zero-order valence-corrected chi connectivity index (χ0v) is 9.00. The maximum atomic E-state index is 10.2. The second-order valence-electron chi connectivity index (χ2n) is 3.52. The Kier molecular flexibility index (Phi) is 5.81. The molecule has 1 aromatic rings. The average molecular weight is 227 g/mol. The molecule has 90 valence electrons. The topological polar surface area (TPSA) is 81.1 Å². The zero-order valence-electron chi connectivity index (χ0n) is 9.00. The van der Waals surface area contributed by atoms with Crippen molar-refractivity contribution in [2.24, 2.45) is 0 Å². The maximum Gasteiger partial charge on any atom is 0.132 e. The van der Waals surface area contributed by atoms with Gasteiger partial charge in [-0.3, -0.25) is 0 Å². The summed E-state index contributed by atoms with van der Waals surface area (Å²) in [5.41, 5.74) is 0. The van der Waals surface area contributed by atoms with Gasteiger partial charge in [0.2, 0.25) is 0 Å². The fourth-order valence-corrected chi connectivity index (χ4v) is 1.31. The fourth-order valence-electron chi connectivity index (χ4n) is 1.31. The van der Waals surface area contributed by atoms with Crippen molar-refractivity contribution in [3.8, 4) is 0 Å². The molecule has 5 nitrogen and oxygen atoms in total. The minimum atomic E-state index is -0.774. The van der Waals surface area contributed by atoms with Crippen LogP contribution in [0.2, 0.25) is 0 Å². The number of nitrogens with one attached hydrogen (secondary N) is 1. The van der Waals surface area contributed by atoms with E-state index in [1.54, 1.807) is 12.1 Å². The molecule has 0 bridgehead atoms. The van der Waals surface area contributed by atoms with Gasteiger partial charge in [-0.05, 0) is 25.0 Å². The summed E-state index contributed by atoms with van der Waals surface area (Å²) in [6.07, 6.45) is 6.46. The van der Waals surface area contributed by atoms with Gasteiger partial charge in [0.25, 0.3) is 0 Å². The zero-order chi connectivity index (χ0) is 11.8. The van der Waals surface area contributed by atoms with Crippen molar-refractivity contribution in [3.63, 3.8) is 0 Å². The molecule has 0 saturated carbocycles. The Hall–Kier alpha value is -1.14. The fraction of sp³-hybridized carbons (Fsp3) is 0.455. The van der Waals surface area contributed by atoms with E-state index in [4.69, 9.17) is 9.62 Å². The van der Waals surface area contributed by atoms with Crippen LogP contribution in [-0.4, -0.2) is 16.9 Å². The van der Waals surface area contributed by atoms with Gasteiger partial charge < -0.3 is 14.7 Å². The highest BCUT2D eigenvalue weighted by Gasteiger charge is 2.06. The van der Waals surface area contributed by atoms with Gasteiger partial charge in [0, 0.05) is 6.42 Å². The van der Waals surface area contributed by atoms with Crippen molar-refractivity contribution in [2.75, 3.05) is 6.54 Å². The number of furan rings is 1. The van der Waals surface area contributed by atoms with Crippen LogP contribution in [0.4, 0.5) is 0 Å². The number of unbranched alkanes of at least 4 members (excludes halogenated alkanes) is 1. The summed E-state index contributed by atoms with van der Waals surface area (Å²) in [6, 6.07) is 3.46. The second-order valence-corrected chi connectivity index (χ2v) is 3.52. The molecule has 2 unspecified atom stereocenters. The summed E-state index contributed by atoms with van der Waals surface area (Å²) >= 11 is 0. The minimum absolute atomic E-state index is 0.186. The first-order valence-corrected chi connectivity index (χ1v) is 5.28. The van der Waals surface area contributed by atoms with Gasteiger partial charge >= 0.3 is 0 Å². The van der Waals surface area contributed by atoms with Crippen molar-refractivity contribution in [1.29, 1.82) is 0 Å². The molecule has 0 aliphatic carbocycles. The molecule has 0 spiro atoms. The van der Waals surface area contributed by atoms with E-state index in [2.05, 4.69) is 0 Å². The molecule has 0 amide bonds. The van der Waals surface area contributed by atoms with Crippen LogP contribution in [-0.2, 0) is 0 Å². The quantitative estimate of drug-likeness (QED) is 0.366. The Bertz CT molecular complexity index is 295. The van der Waals surface area contributed by atoms with Crippen LogP contribution >= 0.6 is 0 Å². The predicted octanol–water partition coefficient (Wildman–Crippen LogP) is 0.811. The normalized spacial score (nSPS) is 15.4. The van der Waals surface area contributed by atoms with Crippen LogP contribution in [0.25, 0.3) is 0 Å². The monoisotopic (exact) mass is 227 g/mol. The van der Waals surface area contributed by atoms with Crippen molar-refractivity contribution >= 4 is 0 Å². The van der Waals surface area contributed by atoms with E-state index in [0.717, 1.165) is 6.42 Å². The molecule has 0 fully saturated rings. The van der Waals surface area contributed by atoms with Crippen molar-refractivity contribution in [2.45, 2.75) is 25.4 Å². The summed E-state index contributed by atoms with van der Waals surface area (Å²) in [7, 11) is 0. The van der Waals surface area contributed by atoms with Gasteiger partial charge in [-0.15, -0.1) is 0 Å². The summed E-state index contributed by atoms with van der Waals surface area (Å²) < 4.78 is 5.04. The van der Waals surface area contributed by atoms with E-state index in [0.29, 0.717) is 18.6 Å². The van der Waals surface area contributed by atoms with Crippen LogP contribution in [0, 0.1) is 5.21 Å². The molecule has 1 heterocycles. The molecule has 3 N–H and O–H groups in total. The number of hydrogen-bond donors (Lipinski definition) is 3. The van der Waals surface area contributed by atoms with Gasteiger partial charge in [0.05, 0.1) is 6.26 Å². The molecule has 1 rings (SSSR count). The highest BCUT2D eigenvalue weighted by Crippen LogP contribution is 2.16. The average Bonchev–Trinajstić information content (AvgIpc) is 2.75. The lowest BCUT2D eigenvalue weighted by atomic mass is 10.2. The lowest BCUT2D eigenvalue weighted by Crippen LogP contribution is -3.04. The maximum absolute atomic E-state index is 10.2. The van der Waals surface area contributed by atoms with Gasteiger partial charge in [-0.25, -0.2) is 10.4 Å². The van der Waals surface area contributed by atoms with Gasteiger partial charge in [0.15, 0.2) is 0 Å². The SMILES string of the molecule is [O-][NH+](O)CCC/C=C\CC(O)c1ccco1. The number of rotatable bonds is 7. The molecular weight excluding hydrogens is 210 g/mol. The van der Waals surface area contributed by atoms with Crippen molar-refractivity contribution in [3.05, 3.63) is 41.5 Å². The molecule has 0 aromatic carbocycles. The number of hydroxylamine groups is 2. The Labute approximate surface area is 94.1 Å². The Morgan fingerprint density at radius 2 is 2.31 bits per heavy atom. The number of aliphatic hydroxyl groups is 1. The molecule has 0 aliphatic rings. The van der Waals surface area contributed by atoms with Crippen LogP contribution in [0.15, 0.2) is 35.0 Å². The van der Waals surface area contributed by atoms with Crippen LogP contribution in [0.5, 0.6) is 0 Å².